The Morgan fingerprint density at radius 3 is 2.56 bits per heavy atom. The minimum atomic E-state index is -0.680. The maximum atomic E-state index is 13.9. The number of hydrogen-bond acceptors (Lipinski definition) is 6. The fraction of sp³-hybridized carbons (Fsp3) is 0.167. The van der Waals surface area contributed by atoms with Crippen molar-refractivity contribution in [2.24, 2.45) is 4.99 Å². The van der Waals surface area contributed by atoms with Crippen LogP contribution in [0.4, 0.5) is 4.39 Å². The van der Waals surface area contributed by atoms with Crippen LogP contribution < -0.4 is 19.6 Å². The van der Waals surface area contributed by atoms with Crippen molar-refractivity contribution in [2.75, 3.05) is 7.11 Å². The number of carbonyl (C=O) groups excluding carboxylic acids is 1. The second kappa shape index (κ2) is 11.4. The second-order valence-corrected chi connectivity index (χ2v) is 10.2. The van der Waals surface area contributed by atoms with Gasteiger partial charge in [-0.05, 0) is 54.0 Å². The number of hydrogen-bond donors (Lipinski definition) is 0. The summed E-state index contributed by atoms with van der Waals surface area (Å²) in [6.45, 7) is 2.12. The molecule has 1 aliphatic heterocycles. The molecule has 0 aliphatic carbocycles. The summed E-state index contributed by atoms with van der Waals surface area (Å²) in [5.41, 5.74) is 2.80. The van der Waals surface area contributed by atoms with Gasteiger partial charge in [-0.2, -0.15) is 0 Å². The van der Waals surface area contributed by atoms with Crippen molar-refractivity contribution in [3.8, 4) is 5.75 Å². The largest absolute Gasteiger partial charge is 0.488 e. The number of ether oxygens (including phenoxy) is 2. The van der Waals surface area contributed by atoms with E-state index >= 15 is 0 Å². The van der Waals surface area contributed by atoms with Gasteiger partial charge in [0.15, 0.2) is 4.80 Å². The van der Waals surface area contributed by atoms with E-state index < -0.39 is 12.0 Å². The smallest absolute Gasteiger partial charge is 0.338 e. The molecular weight excluding hydrogens is 539 g/mol. The van der Waals surface area contributed by atoms with E-state index in [1.165, 1.54) is 30.6 Å². The molecular formula is C30H24ClFN2O4S. The Balaban J connectivity index is 1.63. The molecule has 0 fully saturated rings. The van der Waals surface area contributed by atoms with Crippen LogP contribution >= 0.6 is 22.9 Å². The third-order valence-electron chi connectivity index (χ3n) is 6.33. The lowest BCUT2D eigenvalue weighted by Gasteiger charge is -2.25. The Kier molecular flexibility index (Phi) is 7.77. The van der Waals surface area contributed by atoms with Crippen LogP contribution in [0.1, 0.15) is 36.1 Å². The highest BCUT2D eigenvalue weighted by Crippen LogP contribution is 2.32. The van der Waals surface area contributed by atoms with Crippen molar-refractivity contribution in [3.63, 3.8) is 0 Å². The van der Waals surface area contributed by atoms with Gasteiger partial charge in [-0.15, -0.1) is 0 Å². The summed E-state index contributed by atoms with van der Waals surface area (Å²) in [6, 6.07) is 19.9. The summed E-state index contributed by atoms with van der Waals surface area (Å²) < 4.78 is 26.3. The minimum Gasteiger partial charge on any atom is -0.488 e. The van der Waals surface area contributed by atoms with E-state index in [0.717, 1.165) is 11.1 Å². The molecule has 1 atom stereocenters. The highest BCUT2D eigenvalue weighted by molar-refractivity contribution is 7.07. The first kappa shape index (κ1) is 26.6. The fourth-order valence-corrected chi connectivity index (χ4v) is 5.65. The molecule has 39 heavy (non-hydrogen) atoms. The molecule has 1 aliphatic rings. The average Bonchev–Trinajstić information content (AvgIpc) is 3.26. The van der Waals surface area contributed by atoms with Crippen LogP contribution in [0.2, 0.25) is 5.02 Å². The van der Waals surface area contributed by atoms with Gasteiger partial charge >= 0.3 is 5.97 Å². The van der Waals surface area contributed by atoms with Crippen LogP contribution in [0.5, 0.6) is 5.75 Å². The van der Waals surface area contributed by atoms with Crippen LogP contribution in [0.3, 0.4) is 0 Å². The van der Waals surface area contributed by atoms with Crippen molar-refractivity contribution < 1.29 is 18.7 Å². The maximum absolute atomic E-state index is 13.9. The molecule has 3 aromatic carbocycles. The van der Waals surface area contributed by atoms with Gasteiger partial charge in [0.1, 0.15) is 18.2 Å². The molecule has 2 heterocycles. The lowest BCUT2D eigenvalue weighted by atomic mass is 9.95. The Morgan fingerprint density at radius 2 is 1.87 bits per heavy atom. The number of esters is 1. The van der Waals surface area contributed by atoms with Crippen LogP contribution in [0.15, 0.2) is 93.9 Å². The Hall–Kier alpha value is -4.01. The number of fused-ring (bicyclic) bond motifs is 1. The van der Waals surface area contributed by atoms with Crippen molar-refractivity contribution >= 4 is 35.0 Å². The molecule has 6 nitrogen and oxygen atoms in total. The van der Waals surface area contributed by atoms with Crippen LogP contribution in [0, 0.1) is 5.82 Å². The molecule has 5 rings (SSSR count). The van der Waals surface area contributed by atoms with Gasteiger partial charge in [0.25, 0.3) is 5.56 Å². The zero-order chi connectivity index (χ0) is 27.5. The van der Waals surface area contributed by atoms with Gasteiger partial charge in [0.2, 0.25) is 0 Å². The van der Waals surface area contributed by atoms with Gasteiger partial charge in [0, 0.05) is 10.6 Å². The first-order chi connectivity index (χ1) is 18.9. The maximum Gasteiger partial charge on any atom is 0.338 e. The number of halogens is 2. The van der Waals surface area contributed by atoms with E-state index in [2.05, 4.69) is 4.99 Å². The summed E-state index contributed by atoms with van der Waals surface area (Å²) in [5, 5.41) is 0.478. The third kappa shape index (κ3) is 5.44. The van der Waals surface area contributed by atoms with Crippen molar-refractivity contribution in [3.05, 3.63) is 131 Å². The van der Waals surface area contributed by atoms with E-state index in [-0.39, 0.29) is 18.0 Å². The summed E-state index contributed by atoms with van der Waals surface area (Å²) >= 11 is 7.52. The molecule has 198 valence electrons. The molecule has 0 radical (unpaired) electrons. The van der Waals surface area contributed by atoms with Crippen LogP contribution in [-0.4, -0.2) is 17.6 Å². The first-order valence-electron chi connectivity index (χ1n) is 12.2. The molecule has 1 aromatic heterocycles. The van der Waals surface area contributed by atoms with E-state index in [9.17, 15) is 14.0 Å². The highest BCUT2D eigenvalue weighted by Gasteiger charge is 2.33. The molecule has 0 N–H and O–H groups in total. The summed E-state index contributed by atoms with van der Waals surface area (Å²) in [7, 11) is 1.32. The van der Waals surface area contributed by atoms with E-state index in [0.29, 0.717) is 43.4 Å². The molecule has 0 unspecified atom stereocenters. The number of thiazole rings is 1. The standard InChI is InChI=1S/C30H24ClFN2O4S/c1-3-23-26(29(36)37-2)27(19-7-5-4-6-8-19)34-28(35)25(39-30(34)33-23)16-20-15-21(31)11-14-24(20)38-17-18-9-12-22(32)13-10-18/h4-16,27H,3,17H2,1-2H3/b25-16+/t27-/m1/s1. The molecule has 0 bridgehead atoms. The second-order valence-electron chi connectivity index (χ2n) is 8.80. The Morgan fingerprint density at radius 1 is 1.13 bits per heavy atom. The van der Waals surface area contributed by atoms with Gasteiger partial charge < -0.3 is 9.47 Å². The van der Waals surface area contributed by atoms with Crippen LogP contribution in [0.25, 0.3) is 6.08 Å². The SMILES string of the molecule is CCC1=C(C(=O)OC)[C@@H](c2ccccc2)n2c(s/c(=C/c3cc(Cl)ccc3OCc3ccc(F)cc3)c2=O)=N1. The monoisotopic (exact) mass is 562 g/mol. The number of carbonyl (C=O) groups is 1. The summed E-state index contributed by atoms with van der Waals surface area (Å²) in [6.07, 6.45) is 2.21. The lowest BCUT2D eigenvalue weighted by Crippen LogP contribution is -2.40. The first-order valence-corrected chi connectivity index (χ1v) is 13.4. The third-order valence-corrected chi connectivity index (χ3v) is 7.55. The quantitative estimate of drug-likeness (QED) is 0.291. The van der Waals surface area contributed by atoms with Crippen molar-refractivity contribution in [2.45, 2.75) is 26.0 Å². The Bertz CT molecular complexity index is 1740. The molecule has 0 saturated carbocycles. The predicted molar refractivity (Wildman–Crippen MR) is 149 cm³/mol. The molecule has 0 spiro atoms. The number of rotatable bonds is 7. The number of benzene rings is 3. The van der Waals surface area contributed by atoms with Crippen molar-refractivity contribution in [1.82, 2.24) is 4.57 Å². The normalized spacial score (nSPS) is 15.1. The number of methoxy groups -OCH3 is 1. The van der Waals surface area contributed by atoms with Gasteiger partial charge in [-0.1, -0.05) is 72.3 Å². The zero-order valence-electron chi connectivity index (χ0n) is 21.2. The Labute approximate surface area is 232 Å². The molecule has 0 saturated heterocycles. The number of nitrogens with zero attached hydrogens (tertiary/aromatic N) is 2. The molecule has 9 heteroatoms. The van der Waals surface area contributed by atoms with Gasteiger partial charge in [0.05, 0.1) is 29.0 Å². The number of aromatic nitrogens is 1. The number of allylic oxidation sites excluding steroid dienone is 1. The van der Waals surface area contributed by atoms with Gasteiger partial charge in [-0.3, -0.25) is 9.36 Å². The lowest BCUT2D eigenvalue weighted by molar-refractivity contribution is -0.136. The summed E-state index contributed by atoms with van der Waals surface area (Å²) in [4.78, 5) is 32.0. The van der Waals surface area contributed by atoms with Crippen molar-refractivity contribution in [1.29, 1.82) is 0 Å². The topological polar surface area (TPSA) is 69.9 Å². The average molecular weight is 563 g/mol. The fourth-order valence-electron chi connectivity index (χ4n) is 4.46. The van der Waals surface area contributed by atoms with E-state index in [4.69, 9.17) is 21.1 Å². The molecule has 0 amide bonds. The zero-order valence-corrected chi connectivity index (χ0v) is 22.8. The predicted octanol–water partition coefficient (Wildman–Crippen LogP) is 5.17. The van der Waals surface area contributed by atoms with E-state index in [1.807, 2.05) is 37.3 Å². The van der Waals surface area contributed by atoms with Crippen LogP contribution in [-0.2, 0) is 16.1 Å². The van der Waals surface area contributed by atoms with Gasteiger partial charge in [-0.25, -0.2) is 14.2 Å². The summed E-state index contributed by atoms with van der Waals surface area (Å²) in [5.74, 6) is -0.333. The minimum absolute atomic E-state index is 0.209. The highest BCUT2D eigenvalue weighted by atomic mass is 35.5. The van der Waals surface area contributed by atoms with E-state index in [1.54, 1.807) is 41.0 Å². The molecule has 4 aromatic rings.